The zero-order chi connectivity index (χ0) is 33.4. The summed E-state index contributed by atoms with van der Waals surface area (Å²) in [7, 11) is 0. The van der Waals surface area contributed by atoms with Gasteiger partial charge in [-0.1, -0.05) is 95.9 Å². The van der Waals surface area contributed by atoms with E-state index < -0.39 is 0 Å². The average molecular weight is 650 g/mol. The number of fused-ring (bicyclic) bond motifs is 2. The summed E-state index contributed by atoms with van der Waals surface area (Å²) in [6.07, 6.45) is 19.1. The van der Waals surface area contributed by atoms with E-state index in [-0.39, 0.29) is 11.6 Å². The third-order valence-electron chi connectivity index (χ3n) is 8.85. The number of unbranched alkanes of at least 4 members (excludes halogenated alkanes) is 11. The standard InChI is InChI=1S/C40H63N3O4/c1-3-5-6-7-8-9-10-11-12-18-31-46-35-23-24-36(38-37(35)39(44)33-21-13-14-22-34(33)40(38)45)47-32-19-17-28-42-26-15-16-27-43-30-20-29-41-25-4-2/h13-14,21-24,41-43H,3-12,15-20,25-32H2,1-2H3. The summed E-state index contributed by atoms with van der Waals surface area (Å²) in [5.74, 6) is 0.626. The highest BCUT2D eigenvalue weighted by atomic mass is 16.5. The van der Waals surface area contributed by atoms with Gasteiger partial charge in [-0.05, 0) is 96.3 Å². The van der Waals surface area contributed by atoms with Crippen molar-refractivity contribution in [1.29, 1.82) is 0 Å². The SMILES string of the molecule is CCCCCCCCCCCCOc1ccc(OCCCCNCCCCNCCCNCCC)c2c1C(=O)c1ccccc1C2=O. The molecule has 0 atom stereocenters. The second kappa shape index (κ2) is 24.4. The van der Waals surface area contributed by atoms with Gasteiger partial charge in [-0.25, -0.2) is 0 Å². The van der Waals surface area contributed by atoms with Crippen LogP contribution < -0.4 is 25.4 Å². The van der Waals surface area contributed by atoms with Gasteiger partial charge < -0.3 is 25.4 Å². The quantitative estimate of drug-likeness (QED) is 0.0653. The molecule has 0 amide bonds. The smallest absolute Gasteiger partial charge is 0.198 e. The Kier molecular flexibility index (Phi) is 20.1. The lowest BCUT2D eigenvalue weighted by Crippen LogP contribution is -2.24. The molecule has 0 radical (unpaired) electrons. The predicted octanol–water partition coefficient (Wildman–Crippen LogP) is 8.27. The van der Waals surface area contributed by atoms with Crippen molar-refractivity contribution in [2.45, 2.75) is 117 Å². The van der Waals surface area contributed by atoms with E-state index in [0.29, 0.717) is 47.0 Å². The first-order chi connectivity index (χ1) is 23.2. The highest BCUT2D eigenvalue weighted by Gasteiger charge is 2.35. The number of nitrogens with one attached hydrogen (secondary N) is 3. The Labute approximate surface area is 285 Å². The van der Waals surface area contributed by atoms with Crippen LogP contribution >= 0.6 is 0 Å². The van der Waals surface area contributed by atoms with Crippen LogP contribution in [0.1, 0.15) is 148 Å². The second-order valence-electron chi connectivity index (χ2n) is 12.9. The number of ketones is 2. The molecule has 2 aromatic rings. The molecular weight excluding hydrogens is 586 g/mol. The van der Waals surface area contributed by atoms with E-state index in [0.717, 1.165) is 71.4 Å². The topological polar surface area (TPSA) is 88.7 Å². The van der Waals surface area contributed by atoms with Crippen LogP contribution in [0.3, 0.4) is 0 Å². The average Bonchev–Trinajstić information content (AvgIpc) is 3.09. The summed E-state index contributed by atoms with van der Waals surface area (Å²) >= 11 is 0. The second-order valence-corrected chi connectivity index (χ2v) is 12.9. The van der Waals surface area contributed by atoms with Crippen LogP contribution in [0.2, 0.25) is 0 Å². The molecular formula is C40H63N3O4. The van der Waals surface area contributed by atoms with E-state index in [9.17, 15) is 9.59 Å². The van der Waals surface area contributed by atoms with Gasteiger partial charge in [0.15, 0.2) is 11.6 Å². The number of benzene rings is 2. The van der Waals surface area contributed by atoms with Crippen molar-refractivity contribution in [2.75, 3.05) is 52.5 Å². The van der Waals surface area contributed by atoms with Crippen molar-refractivity contribution in [3.8, 4) is 11.5 Å². The van der Waals surface area contributed by atoms with Gasteiger partial charge >= 0.3 is 0 Å². The molecule has 0 bridgehead atoms. The maximum Gasteiger partial charge on any atom is 0.198 e. The van der Waals surface area contributed by atoms with Crippen LogP contribution in [-0.2, 0) is 0 Å². The lowest BCUT2D eigenvalue weighted by Gasteiger charge is -2.23. The molecule has 262 valence electrons. The van der Waals surface area contributed by atoms with Crippen LogP contribution in [0.5, 0.6) is 11.5 Å². The Morgan fingerprint density at radius 3 is 1.34 bits per heavy atom. The van der Waals surface area contributed by atoms with E-state index in [1.807, 2.05) is 6.07 Å². The maximum atomic E-state index is 13.7. The minimum Gasteiger partial charge on any atom is -0.493 e. The van der Waals surface area contributed by atoms with Gasteiger partial charge in [0, 0.05) is 11.1 Å². The fraction of sp³-hybridized carbons (Fsp3) is 0.650. The number of rotatable bonds is 29. The molecule has 7 heteroatoms. The molecule has 0 heterocycles. The highest BCUT2D eigenvalue weighted by molar-refractivity contribution is 6.30. The zero-order valence-corrected chi connectivity index (χ0v) is 29.6. The van der Waals surface area contributed by atoms with Crippen molar-refractivity contribution in [2.24, 2.45) is 0 Å². The fourth-order valence-corrected chi connectivity index (χ4v) is 6.10. The van der Waals surface area contributed by atoms with E-state index in [1.54, 1.807) is 30.3 Å². The zero-order valence-electron chi connectivity index (χ0n) is 29.6. The molecule has 7 nitrogen and oxygen atoms in total. The Morgan fingerprint density at radius 1 is 0.447 bits per heavy atom. The number of hydrogen-bond donors (Lipinski definition) is 3. The van der Waals surface area contributed by atoms with Gasteiger partial charge in [-0.3, -0.25) is 9.59 Å². The number of ether oxygens (including phenoxy) is 2. The van der Waals surface area contributed by atoms with Crippen LogP contribution in [-0.4, -0.2) is 64.0 Å². The molecule has 3 N–H and O–H groups in total. The number of carbonyl (C=O) groups is 2. The minimum atomic E-state index is -0.168. The molecule has 0 unspecified atom stereocenters. The first kappa shape index (κ1) is 38.7. The van der Waals surface area contributed by atoms with E-state index in [1.165, 1.54) is 70.6 Å². The van der Waals surface area contributed by atoms with Crippen LogP contribution in [0, 0.1) is 0 Å². The molecule has 1 aliphatic rings. The van der Waals surface area contributed by atoms with Crippen molar-refractivity contribution in [1.82, 2.24) is 16.0 Å². The molecule has 0 saturated heterocycles. The molecule has 0 fully saturated rings. The largest absolute Gasteiger partial charge is 0.493 e. The molecule has 0 aliphatic heterocycles. The summed E-state index contributed by atoms with van der Waals surface area (Å²) in [6.45, 7) is 11.8. The first-order valence-electron chi connectivity index (χ1n) is 18.9. The summed E-state index contributed by atoms with van der Waals surface area (Å²) < 4.78 is 12.3. The van der Waals surface area contributed by atoms with E-state index in [2.05, 4.69) is 29.8 Å². The monoisotopic (exact) mass is 649 g/mol. The van der Waals surface area contributed by atoms with Crippen LogP contribution in [0.15, 0.2) is 36.4 Å². The van der Waals surface area contributed by atoms with Crippen LogP contribution in [0.4, 0.5) is 0 Å². The number of carbonyl (C=O) groups excluding carboxylic acids is 2. The molecule has 0 spiro atoms. The molecule has 1 aliphatic carbocycles. The van der Waals surface area contributed by atoms with Gasteiger partial charge in [0.05, 0.1) is 24.3 Å². The van der Waals surface area contributed by atoms with Gasteiger partial charge in [-0.15, -0.1) is 0 Å². The van der Waals surface area contributed by atoms with Gasteiger partial charge in [0.2, 0.25) is 0 Å². The predicted molar refractivity (Wildman–Crippen MR) is 195 cm³/mol. The normalized spacial score (nSPS) is 12.3. The highest BCUT2D eigenvalue weighted by Crippen LogP contribution is 2.38. The summed E-state index contributed by atoms with van der Waals surface area (Å²) in [4.78, 5) is 27.3. The molecule has 47 heavy (non-hydrogen) atoms. The van der Waals surface area contributed by atoms with Crippen molar-refractivity contribution in [3.05, 3.63) is 58.7 Å². The first-order valence-corrected chi connectivity index (χ1v) is 18.9. The Bertz CT molecular complexity index is 1170. The molecule has 0 aromatic heterocycles. The van der Waals surface area contributed by atoms with Crippen LogP contribution in [0.25, 0.3) is 0 Å². The minimum absolute atomic E-state index is 0.165. The maximum absolute atomic E-state index is 13.7. The van der Waals surface area contributed by atoms with Gasteiger partial charge in [-0.2, -0.15) is 0 Å². The summed E-state index contributed by atoms with van der Waals surface area (Å²) in [6, 6.07) is 10.7. The lowest BCUT2D eigenvalue weighted by atomic mass is 9.83. The molecule has 2 aromatic carbocycles. The lowest BCUT2D eigenvalue weighted by molar-refractivity contribution is 0.0971. The van der Waals surface area contributed by atoms with Gasteiger partial charge in [0.1, 0.15) is 11.5 Å². The summed E-state index contributed by atoms with van der Waals surface area (Å²) in [5, 5.41) is 10.5. The third-order valence-corrected chi connectivity index (χ3v) is 8.85. The van der Waals surface area contributed by atoms with Crippen molar-refractivity contribution >= 4 is 11.6 Å². The van der Waals surface area contributed by atoms with E-state index >= 15 is 0 Å². The third kappa shape index (κ3) is 14.1. The fourth-order valence-electron chi connectivity index (χ4n) is 6.10. The Balaban J connectivity index is 1.39. The van der Waals surface area contributed by atoms with Crippen molar-refractivity contribution < 1.29 is 19.1 Å². The van der Waals surface area contributed by atoms with Crippen molar-refractivity contribution in [3.63, 3.8) is 0 Å². The molecule has 0 saturated carbocycles. The number of hydrogen-bond acceptors (Lipinski definition) is 7. The summed E-state index contributed by atoms with van der Waals surface area (Å²) in [5.41, 5.74) is 1.57. The Morgan fingerprint density at radius 2 is 0.851 bits per heavy atom. The Hall–Kier alpha value is -2.74. The molecule has 3 rings (SSSR count). The van der Waals surface area contributed by atoms with Gasteiger partial charge in [0.25, 0.3) is 0 Å². The van der Waals surface area contributed by atoms with E-state index in [4.69, 9.17) is 9.47 Å².